The zero-order valence-electron chi connectivity index (χ0n) is 34.7. The van der Waals surface area contributed by atoms with Gasteiger partial charge in [0.25, 0.3) is 0 Å². The van der Waals surface area contributed by atoms with Crippen LogP contribution in [-0.2, 0) is 21.1 Å². The van der Waals surface area contributed by atoms with Gasteiger partial charge in [-0.05, 0) is 102 Å². The third-order valence-electron chi connectivity index (χ3n) is 10.4. The van der Waals surface area contributed by atoms with Gasteiger partial charge in [-0.25, -0.2) is 4.98 Å². The second kappa shape index (κ2) is 15.7. The van der Waals surface area contributed by atoms with E-state index in [2.05, 4.69) is 67.6 Å². The third kappa shape index (κ3) is 7.25. The van der Waals surface area contributed by atoms with Crippen molar-refractivity contribution in [3.8, 4) is 78.6 Å². The van der Waals surface area contributed by atoms with Crippen LogP contribution in [0.25, 0.3) is 83.9 Å². The van der Waals surface area contributed by atoms with Gasteiger partial charge in [0.15, 0.2) is 0 Å². The third-order valence-corrected chi connectivity index (χ3v) is 10.4. The number of para-hydroxylation sites is 1. The molecule has 2 heterocycles. The van der Waals surface area contributed by atoms with Gasteiger partial charge in [0, 0.05) is 42.8 Å². The molecule has 0 spiro atoms. The van der Waals surface area contributed by atoms with E-state index in [1.54, 1.807) is 6.07 Å². The molecule has 0 aliphatic heterocycles. The van der Waals surface area contributed by atoms with Gasteiger partial charge in [-0.3, -0.25) is 9.55 Å². The Labute approximate surface area is 352 Å². The number of phenols is 1. The summed E-state index contributed by atoms with van der Waals surface area (Å²) in [5, 5.41) is 11.6. The molecule has 0 radical (unpaired) electrons. The summed E-state index contributed by atoms with van der Waals surface area (Å²) in [6, 6.07) is 55.8. The summed E-state index contributed by atoms with van der Waals surface area (Å²) in [6.45, 7) is 3.54. The molecular formula is C52H40N3OPt-. The van der Waals surface area contributed by atoms with Crippen LogP contribution in [0.2, 0.25) is 0 Å². The summed E-state index contributed by atoms with van der Waals surface area (Å²) in [5.41, 5.74) is 14.6. The number of aromatic hydroxyl groups is 1. The van der Waals surface area contributed by atoms with Gasteiger partial charge in [0.2, 0.25) is 0 Å². The molecule has 0 fully saturated rings. The molecule has 0 bridgehead atoms. The fourth-order valence-corrected chi connectivity index (χ4v) is 7.58. The summed E-state index contributed by atoms with van der Waals surface area (Å²) in [5.74, 6) is 0.609. The molecule has 0 atom stereocenters. The maximum Gasteiger partial charge on any atom is 0.148 e. The molecule has 0 saturated heterocycles. The van der Waals surface area contributed by atoms with Crippen LogP contribution < -0.4 is 0 Å². The summed E-state index contributed by atoms with van der Waals surface area (Å²) >= 11 is 0. The van der Waals surface area contributed by atoms with Crippen molar-refractivity contribution in [3.63, 3.8) is 0 Å². The number of aryl methyl sites for hydroxylation is 4. The number of hydrogen-bond donors (Lipinski definition) is 1. The van der Waals surface area contributed by atoms with Crippen LogP contribution in [0.4, 0.5) is 0 Å². The van der Waals surface area contributed by atoms with Gasteiger partial charge >= 0.3 is 0 Å². The summed E-state index contributed by atoms with van der Waals surface area (Å²) < 4.78 is 27.8. The molecule has 0 aliphatic rings. The number of aromatic nitrogens is 3. The number of benzene rings is 7. The van der Waals surface area contributed by atoms with E-state index >= 15 is 0 Å². The van der Waals surface area contributed by atoms with Crippen molar-refractivity contribution in [1.82, 2.24) is 14.5 Å². The molecule has 0 unspecified atom stereocenters. The average Bonchev–Trinajstić information content (AvgIpc) is 3.65. The molecule has 1 N–H and O–H groups in total. The van der Waals surface area contributed by atoms with Crippen LogP contribution in [0.5, 0.6) is 5.75 Å². The maximum atomic E-state index is 11.6. The van der Waals surface area contributed by atoms with Gasteiger partial charge in [-0.2, -0.15) is 0 Å². The topological polar surface area (TPSA) is 50.9 Å². The Bertz CT molecular complexity index is 3010. The molecule has 57 heavy (non-hydrogen) atoms. The number of nitrogens with zero attached hydrogens (tertiary/aromatic N) is 3. The predicted octanol–water partition coefficient (Wildman–Crippen LogP) is 13.2. The molecule has 4 nitrogen and oxygen atoms in total. The molecule has 2 aromatic heterocycles. The molecule has 280 valence electrons. The van der Waals surface area contributed by atoms with E-state index in [0.29, 0.717) is 28.2 Å². The first-order valence-corrected chi connectivity index (χ1v) is 18.7. The number of fused-ring (bicyclic) bond motifs is 1. The van der Waals surface area contributed by atoms with Crippen molar-refractivity contribution in [3.05, 3.63) is 192 Å². The molecule has 9 rings (SSSR count). The fraction of sp³-hybridized carbons (Fsp3) is 0.0769. The van der Waals surface area contributed by atoms with E-state index in [-0.39, 0.29) is 32.4 Å². The molecule has 5 heteroatoms. The minimum Gasteiger partial charge on any atom is -0.507 e. The van der Waals surface area contributed by atoms with Crippen LogP contribution in [0.1, 0.15) is 26.4 Å². The molecule has 0 saturated carbocycles. The first kappa shape index (κ1) is 33.9. The van der Waals surface area contributed by atoms with Crippen LogP contribution in [0.3, 0.4) is 0 Å². The standard InChI is InChI=1S/C52H40N3O.Pt/c1-33-18-20-38(21-19-33)40-24-25-53-48(32-40)43-30-41(37-12-7-5-8-13-37)29-42(31-43)46-16-11-17-49-50(46)54-52(47-27-34(2)26-36(4)51(47)56)55(49)44-22-23-45(35(3)28-44)39-14-9-6-10-15-39;/h5-30,32,56H,1-4H3;/q-1;/i3D3;. The number of imidazole rings is 1. The van der Waals surface area contributed by atoms with E-state index < -0.39 is 6.85 Å². The van der Waals surface area contributed by atoms with Gasteiger partial charge < -0.3 is 5.11 Å². The quantitative estimate of drug-likeness (QED) is 0.162. The largest absolute Gasteiger partial charge is 0.507 e. The zero-order valence-corrected chi connectivity index (χ0v) is 34.0. The molecule has 7 aromatic carbocycles. The number of phenolic OH excluding ortho intramolecular Hbond substituents is 1. The van der Waals surface area contributed by atoms with E-state index in [4.69, 9.17) is 14.1 Å². The van der Waals surface area contributed by atoms with Crippen LogP contribution in [0, 0.1) is 33.7 Å². The monoisotopic (exact) mass is 920 g/mol. The van der Waals surface area contributed by atoms with Crippen molar-refractivity contribution in [2.45, 2.75) is 27.6 Å². The van der Waals surface area contributed by atoms with E-state index in [0.717, 1.165) is 66.8 Å². The summed E-state index contributed by atoms with van der Waals surface area (Å²) in [7, 11) is 0. The Hall–Kier alpha value is -6.35. The molecule has 0 amide bonds. The molecule has 0 aliphatic carbocycles. The minimum atomic E-state index is -2.40. The Morgan fingerprint density at radius 3 is 2.04 bits per heavy atom. The second-order valence-electron chi connectivity index (χ2n) is 14.4. The van der Waals surface area contributed by atoms with Crippen LogP contribution in [-0.4, -0.2) is 19.6 Å². The van der Waals surface area contributed by atoms with Crippen molar-refractivity contribution in [1.29, 1.82) is 0 Å². The van der Waals surface area contributed by atoms with Gasteiger partial charge in [0.1, 0.15) is 11.6 Å². The van der Waals surface area contributed by atoms with Gasteiger partial charge in [-0.15, -0.1) is 23.8 Å². The number of pyridine rings is 1. The summed E-state index contributed by atoms with van der Waals surface area (Å²) in [6.07, 6.45) is 1.84. The first-order valence-electron chi connectivity index (χ1n) is 20.2. The second-order valence-corrected chi connectivity index (χ2v) is 14.4. The SMILES string of the molecule is [2H]C([2H])([2H])c1cc(-n2c(-c3cc(C)cc(C)c3O)nc3c(-c4[c-]c(-c5cc(-c6ccc(C)cc6)ccn5)cc(-c5ccccc5)c4)cccc32)ccc1-c1ccccc1.[Pt]. The van der Waals surface area contributed by atoms with Crippen LogP contribution in [0.15, 0.2) is 164 Å². The number of rotatable bonds is 7. The minimum absolute atomic E-state index is 0. The smallest absolute Gasteiger partial charge is 0.148 e. The van der Waals surface area contributed by atoms with Crippen LogP contribution >= 0.6 is 0 Å². The van der Waals surface area contributed by atoms with Crippen molar-refractivity contribution in [2.24, 2.45) is 0 Å². The van der Waals surface area contributed by atoms with E-state index in [1.165, 1.54) is 5.56 Å². The molecular weight excluding hydrogens is 878 g/mol. The van der Waals surface area contributed by atoms with E-state index in [9.17, 15) is 5.11 Å². The normalized spacial score (nSPS) is 12.1. The Morgan fingerprint density at radius 2 is 1.28 bits per heavy atom. The Morgan fingerprint density at radius 1 is 0.561 bits per heavy atom. The van der Waals surface area contributed by atoms with Crippen molar-refractivity contribution >= 4 is 11.0 Å². The first-order chi connectivity index (χ1) is 28.5. The fourth-order valence-electron chi connectivity index (χ4n) is 7.58. The number of hydrogen-bond acceptors (Lipinski definition) is 3. The predicted molar refractivity (Wildman–Crippen MR) is 231 cm³/mol. The Kier molecular flexibility index (Phi) is 9.32. The van der Waals surface area contributed by atoms with E-state index in [1.807, 2.05) is 122 Å². The molecule has 9 aromatic rings. The average molecular weight is 921 g/mol. The zero-order chi connectivity index (χ0) is 40.8. The Balaban J connectivity index is 0.00000499. The van der Waals surface area contributed by atoms with Crippen molar-refractivity contribution in [2.75, 3.05) is 0 Å². The maximum absolute atomic E-state index is 11.6. The van der Waals surface area contributed by atoms with Gasteiger partial charge in [-0.1, -0.05) is 138 Å². The van der Waals surface area contributed by atoms with Gasteiger partial charge in [0.05, 0.1) is 16.6 Å². The van der Waals surface area contributed by atoms with Crippen molar-refractivity contribution < 1.29 is 30.3 Å². The summed E-state index contributed by atoms with van der Waals surface area (Å²) in [4.78, 5) is 10.2.